The van der Waals surface area contributed by atoms with Crippen molar-refractivity contribution in [2.75, 3.05) is 16.8 Å². The van der Waals surface area contributed by atoms with E-state index in [1.165, 1.54) is 16.7 Å². The lowest BCUT2D eigenvalue weighted by atomic mass is 10.2. The summed E-state index contributed by atoms with van der Waals surface area (Å²) in [5.74, 6) is -0.0896. The van der Waals surface area contributed by atoms with Crippen LogP contribution >= 0.6 is 35.6 Å². The number of thiocarbonyl (C=S) groups is 1. The topological polar surface area (TPSA) is 58.6 Å². The molecular weight excluding hydrogens is 476 g/mol. The van der Waals surface area contributed by atoms with E-state index < -0.39 is 0 Å². The molecule has 8 heteroatoms. The molecule has 4 rings (SSSR count). The standard InChI is InChI=1S/C25H19ClN2O3S2/c1-16-7-10-19(11-8-16)28-24(30)22(33-25(28)32)14-17-9-12-21(20(26)13-17)31-15-23(29)27-18-5-3-2-4-6-18/h2-14H,15H2,1H3,(H,27,29)/b22-14-. The Labute approximate surface area is 206 Å². The van der Waals surface area contributed by atoms with E-state index >= 15 is 0 Å². The Hall–Kier alpha value is -3.13. The highest BCUT2D eigenvalue weighted by molar-refractivity contribution is 8.27. The summed E-state index contributed by atoms with van der Waals surface area (Å²) in [4.78, 5) is 27.0. The Morgan fingerprint density at radius 2 is 1.85 bits per heavy atom. The molecule has 0 bridgehead atoms. The van der Waals surface area contributed by atoms with E-state index in [4.69, 9.17) is 28.6 Å². The summed E-state index contributed by atoms with van der Waals surface area (Å²) in [6.45, 7) is 1.81. The van der Waals surface area contributed by atoms with Crippen LogP contribution in [0.2, 0.25) is 5.02 Å². The highest BCUT2D eigenvalue weighted by Gasteiger charge is 2.33. The average molecular weight is 495 g/mol. The highest BCUT2D eigenvalue weighted by atomic mass is 35.5. The molecule has 33 heavy (non-hydrogen) atoms. The van der Waals surface area contributed by atoms with Crippen LogP contribution in [0.25, 0.3) is 6.08 Å². The molecule has 3 aromatic rings. The number of halogens is 1. The van der Waals surface area contributed by atoms with Gasteiger partial charge < -0.3 is 10.1 Å². The van der Waals surface area contributed by atoms with Gasteiger partial charge in [-0.3, -0.25) is 14.5 Å². The first kappa shape index (κ1) is 23.0. The molecule has 0 unspecified atom stereocenters. The lowest BCUT2D eigenvalue weighted by Gasteiger charge is -2.14. The zero-order valence-corrected chi connectivity index (χ0v) is 20.0. The molecule has 0 saturated carbocycles. The summed E-state index contributed by atoms with van der Waals surface area (Å²) in [6.07, 6.45) is 1.74. The Morgan fingerprint density at radius 3 is 2.55 bits per heavy atom. The number of carbonyl (C=O) groups is 2. The first-order valence-electron chi connectivity index (χ1n) is 10.0. The quantitative estimate of drug-likeness (QED) is 0.333. The fraction of sp³-hybridized carbons (Fsp3) is 0.0800. The molecule has 1 N–H and O–H groups in total. The van der Waals surface area contributed by atoms with Gasteiger partial charge in [-0.1, -0.05) is 77.5 Å². The number of thioether (sulfide) groups is 1. The number of hydrogen-bond acceptors (Lipinski definition) is 5. The first-order valence-corrected chi connectivity index (χ1v) is 11.6. The van der Waals surface area contributed by atoms with Crippen LogP contribution in [0.5, 0.6) is 5.75 Å². The molecule has 3 aromatic carbocycles. The van der Waals surface area contributed by atoms with E-state index in [1.807, 2.05) is 49.4 Å². The van der Waals surface area contributed by atoms with Gasteiger partial charge in [0, 0.05) is 5.69 Å². The Morgan fingerprint density at radius 1 is 1.12 bits per heavy atom. The van der Waals surface area contributed by atoms with Crippen molar-refractivity contribution >= 4 is 69.2 Å². The predicted molar refractivity (Wildman–Crippen MR) is 139 cm³/mol. The van der Waals surface area contributed by atoms with Crippen LogP contribution in [0, 0.1) is 6.92 Å². The predicted octanol–water partition coefficient (Wildman–Crippen LogP) is 6.07. The number of ether oxygens (including phenoxy) is 1. The van der Waals surface area contributed by atoms with Crippen LogP contribution in [0.4, 0.5) is 11.4 Å². The van der Waals surface area contributed by atoms with Gasteiger partial charge in [-0.15, -0.1) is 0 Å². The van der Waals surface area contributed by atoms with Crippen LogP contribution in [-0.4, -0.2) is 22.7 Å². The monoisotopic (exact) mass is 494 g/mol. The highest BCUT2D eigenvalue weighted by Crippen LogP contribution is 2.37. The smallest absolute Gasteiger partial charge is 0.270 e. The van der Waals surface area contributed by atoms with Crippen molar-refractivity contribution in [3.05, 3.63) is 93.9 Å². The van der Waals surface area contributed by atoms with E-state index in [0.29, 0.717) is 25.7 Å². The second kappa shape index (κ2) is 10.2. The lowest BCUT2D eigenvalue weighted by Crippen LogP contribution is -2.27. The number of amides is 2. The normalized spacial score (nSPS) is 14.6. The zero-order chi connectivity index (χ0) is 23.4. The van der Waals surface area contributed by atoms with Crippen molar-refractivity contribution < 1.29 is 14.3 Å². The zero-order valence-electron chi connectivity index (χ0n) is 17.6. The van der Waals surface area contributed by atoms with Gasteiger partial charge in [0.15, 0.2) is 10.9 Å². The molecule has 1 saturated heterocycles. The second-order valence-corrected chi connectivity index (χ2v) is 9.33. The number of para-hydroxylation sites is 1. The molecule has 0 aliphatic carbocycles. The summed E-state index contributed by atoms with van der Waals surface area (Å²) >= 11 is 13.0. The van der Waals surface area contributed by atoms with Crippen molar-refractivity contribution in [1.82, 2.24) is 0 Å². The van der Waals surface area contributed by atoms with Gasteiger partial charge in [-0.2, -0.15) is 0 Å². The minimum atomic E-state index is -0.291. The maximum atomic E-state index is 12.9. The van der Waals surface area contributed by atoms with Gasteiger partial charge in [-0.05, 0) is 55.0 Å². The number of nitrogens with one attached hydrogen (secondary N) is 1. The molecule has 2 amide bonds. The van der Waals surface area contributed by atoms with Gasteiger partial charge in [0.25, 0.3) is 11.8 Å². The third-order valence-corrected chi connectivity index (χ3v) is 6.35. The molecule has 0 radical (unpaired) electrons. The fourth-order valence-electron chi connectivity index (χ4n) is 3.12. The van der Waals surface area contributed by atoms with E-state index in [-0.39, 0.29) is 18.4 Å². The van der Waals surface area contributed by atoms with Gasteiger partial charge in [-0.25, -0.2) is 0 Å². The number of rotatable bonds is 6. The van der Waals surface area contributed by atoms with Crippen LogP contribution in [0.15, 0.2) is 77.7 Å². The maximum Gasteiger partial charge on any atom is 0.270 e. The molecular formula is C25H19ClN2O3S2. The number of carbonyl (C=O) groups excluding carboxylic acids is 2. The van der Waals surface area contributed by atoms with Gasteiger partial charge in [0.2, 0.25) is 0 Å². The number of anilines is 2. The summed E-state index contributed by atoms with van der Waals surface area (Å²) in [7, 11) is 0. The summed E-state index contributed by atoms with van der Waals surface area (Å²) < 4.78 is 6.03. The van der Waals surface area contributed by atoms with Crippen molar-refractivity contribution in [3.8, 4) is 5.75 Å². The Kier molecular flexibility index (Phi) is 7.13. The van der Waals surface area contributed by atoms with Crippen LogP contribution in [0.3, 0.4) is 0 Å². The van der Waals surface area contributed by atoms with Crippen LogP contribution < -0.4 is 15.0 Å². The maximum absolute atomic E-state index is 12.9. The Bertz CT molecular complexity index is 1240. The first-order chi connectivity index (χ1) is 15.9. The van der Waals surface area contributed by atoms with E-state index in [9.17, 15) is 9.59 Å². The average Bonchev–Trinajstić information content (AvgIpc) is 3.07. The molecule has 166 valence electrons. The molecule has 5 nitrogen and oxygen atoms in total. The number of benzene rings is 3. The van der Waals surface area contributed by atoms with Gasteiger partial charge in [0.1, 0.15) is 5.75 Å². The molecule has 1 aliphatic heterocycles. The summed E-state index contributed by atoms with van der Waals surface area (Å²) in [6, 6.07) is 21.9. The molecule has 0 atom stereocenters. The SMILES string of the molecule is Cc1ccc(N2C(=O)/C(=C/c3ccc(OCC(=O)Nc4ccccc4)c(Cl)c3)SC2=S)cc1. The number of aryl methyl sites for hydroxylation is 1. The third-order valence-electron chi connectivity index (χ3n) is 4.76. The number of nitrogens with zero attached hydrogens (tertiary/aromatic N) is 1. The van der Waals surface area contributed by atoms with E-state index in [2.05, 4.69) is 5.32 Å². The second-order valence-electron chi connectivity index (χ2n) is 7.25. The minimum absolute atomic E-state index is 0.177. The van der Waals surface area contributed by atoms with E-state index in [1.54, 1.807) is 36.4 Å². The fourth-order valence-corrected chi connectivity index (χ4v) is 4.66. The Balaban J connectivity index is 1.42. The molecule has 1 fully saturated rings. The van der Waals surface area contributed by atoms with Crippen molar-refractivity contribution in [2.24, 2.45) is 0 Å². The van der Waals surface area contributed by atoms with Crippen molar-refractivity contribution in [3.63, 3.8) is 0 Å². The largest absolute Gasteiger partial charge is 0.482 e. The van der Waals surface area contributed by atoms with Gasteiger partial charge >= 0.3 is 0 Å². The number of hydrogen-bond donors (Lipinski definition) is 1. The van der Waals surface area contributed by atoms with Gasteiger partial charge in [0.05, 0.1) is 15.6 Å². The molecule has 0 aromatic heterocycles. The summed E-state index contributed by atoms with van der Waals surface area (Å²) in [5, 5.41) is 3.09. The lowest BCUT2D eigenvalue weighted by molar-refractivity contribution is -0.118. The molecule has 1 heterocycles. The third kappa shape index (κ3) is 5.63. The van der Waals surface area contributed by atoms with Crippen molar-refractivity contribution in [2.45, 2.75) is 6.92 Å². The van der Waals surface area contributed by atoms with Crippen LogP contribution in [0.1, 0.15) is 11.1 Å². The van der Waals surface area contributed by atoms with Crippen molar-refractivity contribution in [1.29, 1.82) is 0 Å². The minimum Gasteiger partial charge on any atom is -0.482 e. The van der Waals surface area contributed by atoms with Crippen LogP contribution in [-0.2, 0) is 9.59 Å². The van der Waals surface area contributed by atoms with E-state index in [0.717, 1.165) is 16.8 Å². The summed E-state index contributed by atoms with van der Waals surface area (Å²) in [5.41, 5.74) is 3.26. The molecule has 1 aliphatic rings. The molecule has 0 spiro atoms.